The number of rotatable bonds is 3. The Labute approximate surface area is 131 Å². The summed E-state index contributed by atoms with van der Waals surface area (Å²) in [7, 11) is 0. The molecule has 0 atom stereocenters. The third-order valence-corrected chi connectivity index (χ3v) is 3.00. The summed E-state index contributed by atoms with van der Waals surface area (Å²) in [4.78, 5) is 23.0. The molecule has 2 aromatic rings. The van der Waals surface area contributed by atoms with Crippen molar-refractivity contribution in [2.75, 3.05) is 5.32 Å². The SMILES string of the molecule is O=C(Nc1cc(C(F)(F)F)ccc1C(=O)O)c1ccc(F)cc1F. The van der Waals surface area contributed by atoms with Gasteiger partial charge < -0.3 is 10.4 Å². The van der Waals surface area contributed by atoms with E-state index in [1.807, 2.05) is 5.32 Å². The molecule has 0 bridgehead atoms. The van der Waals surface area contributed by atoms with Crippen LogP contribution in [0.3, 0.4) is 0 Å². The molecule has 0 aromatic heterocycles. The van der Waals surface area contributed by atoms with E-state index in [1.54, 1.807) is 0 Å². The fraction of sp³-hybridized carbons (Fsp3) is 0.0667. The minimum Gasteiger partial charge on any atom is -0.478 e. The van der Waals surface area contributed by atoms with Crippen LogP contribution in [0.25, 0.3) is 0 Å². The first-order chi connectivity index (χ1) is 11.1. The van der Waals surface area contributed by atoms with E-state index in [1.165, 1.54) is 0 Å². The maximum atomic E-state index is 13.5. The molecular formula is C15H8F5NO3. The van der Waals surface area contributed by atoms with E-state index in [4.69, 9.17) is 5.11 Å². The van der Waals surface area contributed by atoms with Crippen LogP contribution in [0.15, 0.2) is 36.4 Å². The van der Waals surface area contributed by atoms with Gasteiger partial charge in [0, 0.05) is 6.07 Å². The van der Waals surface area contributed by atoms with Gasteiger partial charge in [0.2, 0.25) is 0 Å². The van der Waals surface area contributed by atoms with E-state index in [-0.39, 0.29) is 0 Å². The van der Waals surface area contributed by atoms with Crippen molar-refractivity contribution in [3.8, 4) is 0 Å². The zero-order valence-corrected chi connectivity index (χ0v) is 11.6. The van der Waals surface area contributed by atoms with Gasteiger partial charge in [-0.25, -0.2) is 13.6 Å². The van der Waals surface area contributed by atoms with Crippen LogP contribution in [0.5, 0.6) is 0 Å². The Kier molecular flexibility index (Phi) is 4.54. The van der Waals surface area contributed by atoms with E-state index in [0.717, 1.165) is 12.1 Å². The molecule has 2 N–H and O–H groups in total. The standard InChI is InChI=1S/C15H8F5NO3/c16-8-2-4-9(11(17)6-8)13(22)21-12-5-7(15(18,19)20)1-3-10(12)14(23)24/h1-6H,(H,21,22)(H,23,24). The van der Waals surface area contributed by atoms with Crippen molar-refractivity contribution < 1.29 is 36.6 Å². The van der Waals surface area contributed by atoms with Gasteiger partial charge in [0.1, 0.15) is 11.6 Å². The van der Waals surface area contributed by atoms with Crippen LogP contribution in [0.2, 0.25) is 0 Å². The average molecular weight is 345 g/mol. The molecule has 4 nitrogen and oxygen atoms in total. The number of carboxylic acid groups (broad SMARTS) is 1. The average Bonchev–Trinajstić information content (AvgIpc) is 2.45. The molecular weight excluding hydrogens is 337 g/mol. The summed E-state index contributed by atoms with van der Waals surface area (Å²) >= 11 is 0. The maximum absolute atomic E-state index is 13.5. The van der Waals surface area contributed by atoms with Crippen molar-refractivity contribution in [3.63, 3.8) is 0 Å². The van der Waals surface area contributed by atoms with Crippen molar-refractivity contribution in [2.45, 2.75) is 6.18 Å². The second-order valence-electron chi connectivity index (χ2n) is 4.64. The number of benzene rings is 2. The smallest absolute Gasteiger partial charge is 0.416 e. The molecule has 24 heavy (non-hydrogen) atoms. The van der Waals surface area contributed by atoms with Crippen LogP contribution in [0.4, 0.5) is 27.6 Å². The molecule has 9 heteroatoms. The lowest BCUT2D eigenvalue weighted by atomic mass is 10.1. The zero-order valence-electron chi connectivity index (χ0n) is 11.6. The quantitative estimate of drug-likeness (QED) is 0.829. The third kappa shape index (κ3) is 3.67. The normalized spacial score (nSPS) is 11.2. The lowest BCUT2D eigenvalue weighted by Gasteiger charge is -2.13. The maximum Gasteiger partial charge on any atom is 0.416 e. The first-order valence-electron chi connectivity index (χ1n) is 6.30. The number of nitrogens with one attached hydrogen (secondary N) is 1. The first-order valence-corrected chi connectivity index (χ1v) is 6.30. The van der Waals surface area contributed by atoms with E-state index in [9.17, 15) is 31.5 Å². The van der Waals surface area contributed by atoms with Gasteiger partial charge >= 0.3 is 12.1 Å². The summed E-state index contributed by atoms with van der Waals surface area (Å²) in [6.45, 7) is 0. The molecule has 1 amide bonds. The van der Waals surface area contributed by atoms with Gasteiger partial charge in [0.25, 0.3) is 5.91 Å². The number of halogens is 5. The molecule has 0 aliphatic heterocycles. The van der Waals surface area contributed by atoms with Gasteiger partial charge in [0.05, 0.1) is 22.4 Å². The van der Waals surface area contributed by atoms with Crippen LogP contribution in [0, 0.1) is 11.6 Å². The summed E-state index contributed by atoms with van der Waals surface area (Å²) in [5.41, 5.74) is -3.11. The third-order valence-electron chi connectivity index (χ3n) is 3.00. The summed E-state index contributed by atoms with van der Waals surface area (Å²) in [6, 6.07) is 3.61. The highest BCUT2D eigenvalue weighted by atomic mass is 19.4. The predicted octanol–water partition coefficient (Wildman–Crippen LogP) is 3.93. The number of alkyl halides is 3. The number of carbonyl (C=O) groups is 2. The lowest BCUT2D eigenvalue weighted by Crippen LogP contribution is -2.17. The Morgan fingerprint density at radius 3 is 2.12 bits per heavy atom. The Morgan fingerprint density at radius 2 is 1.58 bits per heavy atom. The first kappa shape index (κ1) is 17.4. The molecule has 0 saturated heterocycles. The zero-order chi connectivity index (χ0) is 18.1. The highest BCUT2D eigenvalue weighted by molar-refractivity contribution is 6.07. The summed E-state index contributed by atoms with van der Waals surface area (Å²) in [6.07, 6.45) is -4.77. The number of hydrogen-bond donors (Lipinski definition) is 2. The van der Waals surface area contributed by atoms with Crippen molar-refractivity contribution in [3.05, 3.63) is 64.7 Å². The number of amides is 1. The predicted molar refractivity (Wildman–Crippen MR) is 72.7 cm³/mol. The number of anilines is 1. The van der Waals surface area contributed by atoms with E-state index in [0.29, 0.717) is 24.3 Å². The largest absolute Gasteiger partial charge is 0.478 e. The Bertz CT molecular complexity index is 817. The van der Waals surface area contributed by atoms with E-state index >= 15 is 0 Å². The van der Waals surface area contributed by atoms with Gasteiger partial charge in [0.15, 0.2) is 0 Å². The number of carbonyl (C=O) groups excluding carboxylic acids is 1. The van der Waals surface area contributed by atoms with Crippen LogP contribution < -0.4 is 5.32 Å². The van der Waals surface area contributed by atoms with Gasteiger partial charge in [-0.05, 0) is 30.3 Å². The second-order valence-corrected chi connectivity index (χ2v) is 4.64. The summed E-state index contributed by atoms with van der Waals surface area (Å²) in [5, 5.41) is 10.9. The fourth-order valence-electron chi connectivity index (χ4n) is 1.87. The second kappa shape index (κ2) is 6.26. The van der Waals surface area contributed by atoms with Crippen LogP contribution in [0.1, 0.15) is 26.3 Å². The lowest BCUT2D eigenvalue weighted by molar-refractivity contribution is -0.137. The van der Waals surface area contributed by atoms with Crippen LogP contribution in [-0.2, 0) is 6.18 Å². The van der Waals surface area contributed by atoms with E-state index < -0.39 is 52.1 Å². The summed E-state index contributed by atoms with van der Waals surface area (Å²) in [5.74, 6) is -4.99. The molecule has 0 saturated carbocycles. The Balaban J connectivity index is 2.43. The minimum absolute atomic E-state index is 0.416. The van der Waals surface area contributed by atoms with Crippen molar-refractivity contribution >= 4 is 17.6 Å². The molecule has 0 radical (unpaired) electrons. The molecule has 2 aromatic carbocycles. The van der Waals surface area contributed by atoms with E-state index in [2.05, 4.69) is 0 Å². The van der Waals surface area contributed by atoms with Gasteiger partial charge in [-0.15, -0.1) is 0 Å². The monoisotopic (exact) mass is 345 g/mol. The molecule has 0 fully saturated rings. The van der Waals surface area contributed by atoms with Crippen molar-refractivity contribution in [2.24, 2.45) is 0 Å². The molecule has 126 valence electrons. The van der Waals surface area contributed by atoms with Crippen LogP contribution >= 0.6 is 0 Å². The summed E-state index contributed by atoms with van der Waals surface area (Å²) < 4.78 is 64.5. The highest BCUT2D eigenvalue weighted by Gasteiger charge is 2.32. The highest BCUT2D eigenvalue weighted by Crippen LogP contribution is 2.32. The topological polar surface area (TPSA) is 66.4 Å². The Hall–Kier alpha value is -2.97. The molecule has 0 heterocycles. The number of carboxylic acids is 1. The van der Waals surface area contributed by atoms with Crippen molar-refractivity contribution in [1.29, 1.82) is 0 Å². The van der Waals surface area contributed by atoms with Crippen molar-refractivity contribution in [1.82, 2.24) is 0 Å². The Morgan fingerprint density at radius 1 is 0.958 bits per heavy atom. The van der Waals surface area contributed by atoms with Gasteiger partial charge in [-0.3, -0.25) is 4.79 Å². The number of hydrogen-bond acceptors (Lipinski definition) is 2. The van der Waals surface area contributed by atoms with Gasteiger partial charge in [-0.2, -0.15) is 13.2 Å². The minimum atomic E-state index is -4.77. The molecule has 0 aliphatic rings. The van der Waals surface area contributed by atoms with Gasteiger partial charge in [-0.1, -0.05) is 0 Å². The van der Waals surface area contributed by atoms with Crippen LogP contribution in [-0.4, -0.2) is 17.0 Å². The fourth-order valence-corrected chi connectivity index (χ4v) is 1.87. The molecule has 0 aliphatic carbocycles. The molecule has 0 unspecified atom stereocenters. The number of aromatic carboxylic acids is 1. The molecule has 0 spiro atoms. The molecule has 2 rings (SSSR count).